The van der Waals surface area contributed by atoms with Gasteiger partial charge in [0, 0.05) is 32.9 Å². The zero-order chi connectivity index (χ0) is 37.0. The Morgan fingerprint density at radius 3 is 0.946 bits per heavy atom. The van der Waals surface area contributed by atoms with Crippen molar-refractivity contribution in [2.75, 3.05) is 0 Å². The molecule has 2 heteroatoms. The third kappa shape index (κ3) is 5.26. The van der Waals surface area contributed by atoms with E-state index < -0.39 is 0 Å². The number of rotatable bonds is 6. The van der Waals surface area contributed by atoms with Crippen LogP contribution in [-0.2, 0) is 0 Å². The fourth-order valence-corrected chi connectivity index (χ4v) is 8.70. The van der Waals surface area contributed by atoms with E-state index in [4.69, 9.17) is 0 Å². The average Bonchev–Trinajstić information content (AvgIpc) is 3.80. The molecule has 2 aromatic heterocycles. The molecule has 2 nitrogen and oxygen atoms in total. The lowest BCUT2D eigenvalue weighted by Gasteiger charge is -2.12. The predicted molar refractivity (Wildman–Crippen MR) is 237 cm³/mol. The largest absolute Gasteiger partial charge is 0.309 e. The van der Waals surface area contributed by atoms with Crippen LogP contribution in [0.4, 0.5) is 0 Å². The van der Waals surface area contributed by atoms with Crippen molar-refractivity contribution in [2.45, 2.75) is 0 Å². The van der Waals surface area contributed by atoms with Crippen LogP contribution in [0.2, 0.25) is 0 Å². The second kappa shape index (κ2) is 13.2. The van der Waals surface area contributed by atoms with Gasteiger partial charge >= 0.3 is 0 Å². The maximum Gasteiger partial charge on any atom is 0.0548 e. The summed E-state index contributed by atoms with van der Waals surface area (Å²) in [5.41, 5.74) is 16.8. The molecule has 0 fully saturated rings. The van der Waals surface area contributed by atoms with Crippen LogP contribution in [-0.4, -0.2) is 9.13 Å². The summed E-state index contributed by atoms with van der Waals surface area (Å²) in [6.07, 6.45) is 0. The number of hydrogen-bond donors (Lipinski definition) is 0. The fourth-order valence-electron chi connectivity index (χ4n) is 8.70. The van der Waals surface area contributed by atoms with Crippen LogP contribution in [0.1, 0.15) is 0 Å². The van der Waals surface area contributed by atoms with E-state index in [1.165, 1.54) is 88.1 Å². The second-order valence-electron chi connectivity index (χ2n) is 14.5. The summed E-state index contributed by atoms with van der Waals surface area (Å²) in [4.78, 5) is 0. The van der Waals surface area contributed by atoms with Crippen molar-refractivity contribution in [3.63, 3.8) is 0 Å². The van der Waals surface area contributed by atoms with E-state index in [0.29, 0.717) is 0 Å². The molecule has 0 saturated heterocycles. The number of hydrogen-bond acceptors (Lipinski definition) is 0. The fraction of sp³-hybridized carbons (Fsp3) is 0. The van der Waals surface area contributed by atoms with Gasteiger partial charge in [-0.1, -0.05) is 170 Å². The van der Waals surface area contributed by atoms with E-state index in [2.05, 4.69) is 228 Å². The molecular weight excluding hydrogens is 677 g/mol. The van der Waals surface area contributed by atoms with E-state index in [1.54, 1.807) is 0 Å². The topological polar surface area (TPSA) is 9.86 Å². The molecule has 2 heterocycles. The molecule has 0 bridgehead atoms. The average molecular weight is 713 g/mol. The first-order valence-electron chi connectivity index (χ1n) is 19.3. The lowest BCUT2D eigenvalue weighted by atomic mass is 10.00. The summed E-state index contributed by atoms with van der Waals surface area (Å²) in [5, 5.41) is 5.05. The summed E-state index contributed by atoms with van der Waals surface area (Å²) in [6.45, 7) is 0. The Morgan fingerprint density at radius 1 is 0.214 bits per heavy atom. The van der Waals surface area contributed by atoms with Gasteiger partial charge in [0.05, 0.1) is 22.1 Å². The number of aromatic nitrogens is 2. The zero-order valence-corrected chi connectivity index (χ0v) is 30.7. The van der Waals surface area contributed by atoms with Crippen LogP contribution < -0.4 is 0 Å². The quantitative estimate of drug-likeness (QED) is 0.162. The first kappa shape index (κ1) is 32.0. The van der Waals surface area contributed by atoms with Gasteiger partial charge in [0.1, 0.15) is 0 Å². The van der Waals surface area contributed by atoms with E-state index in [0.717, 1.165) is 11.4 Å². The van der Waals surface area contributed by atoms with Gasteiger partial charge in [0.2, 0.25) is 0 Å². The van der Waals surface area contributed by atoms with E-state index in [9.17, 15) is 0 Å². The zero-order valence-electron chi connectivity index (χ0n) is 30.7. The molecule has 0 saturated carbocycles. The molecule has 11 rings (SSSR count). The van der Waals surface area contributed by atoms with Crippen molar-refractivity contribution in [3.8, 4) is 55.9 Å². The molecule has 0 spiro atoms. The summed E-state index contributed by atoms with van der Waals surface area (Å²) in [5.74, 6) is 0. The SMILES string of the molecule is c1ccc(-c2ccc(-c3cccc(-n4c5ccccc5c5c6c7ccccc7n(-c7cccc(-c8ccc(-c9ccccc9)cc8)c7)c6ccc54)c3)cc2)cc1. The van der Waals surface area contributed by atoms with Gasteiger partial charge in [-0.05, 0) is 93.0 Å². The Labute approximate surface area is 325 Å². The smallest absolute Gasteiger partial charge is 0.0548 e. The summed E-state index contributed by atoms with van der Waals surface area (Å²) >= 11 is 0. The molecule has 0 aliphatic carbocycles. The van der Waals surface area contributed by atoms with Crippen molar-refractivity contribution in [2.24, 2.45) is 0 Å². The summed E-state index contributed by atoms with van der Waals surface area (Å²) in [6, 6.07) is 79.3. The number of benzene rings is 9. The number of fused-ring (bicyclic) bond motifs is 7. The Kier molecular flexibility index (Phi) is 7.53. The normalized spacial score (nSPS) is 11.6. The summed E-state index contributed by atoms with van der Waals surface area (Å²) in [7, 11) is 0. The van der Waals surface area contributed by atoms with Gasteiger partial charge in [0.25, 0.3) is 0 Å². The molecule has 0 atom stereocenters. The molecular formula is C54H36N2. The van der Waals surface area contributed by atoms with Crippen LogP contribution in [0.25, 0.3) is 99.5 Å². The number of para-hydroxylation sites is 2. The van der Waals surface area contributed by atoms with E-state index in [-0.39, 0.29) is 0 Å². The molecule has 0 aliphatic heterocycles. The van der Waals surface area contributed by atoms with Crippen molar-refractivity contribution < 1.29 is 0 Å². The first-order valence-corrected chi connectivity index (χ1v) is 19.3. The van der Waals surface area contributed by atoms with Crippen LogP contribution in [0, 0.1) is 0 Å². The molecule has 0 N–H and O–H groups in total. The minimum atomic E-state index is 1.15. The maximum atomic E-state index is 2.44. The van der Waals surface area contributed by atoms with Crippen LogP contribution >= 0.6 is 0 Å². The highest BCUT2D eigenvalue weighted by Crippen LogP contribution is 2.43. The molecule has 9 aromatic carbocycles. The molecule has 11 aromatic rings. The predicted octanol–water partition coefficient (Wildman–Crippen LogP) is 14.5. The second-order valence-corrected chi connectivity index (χ2v) is 14.5. The highest BCUT2D eigenvalue weighted by atomic mass is 15.0. The van der Waals surface area contributed by atoms with Crippen LogP contribution in [0.15, 0.2) is 218 Å². The lowest BCUT2D eigenvalue weighted by Crippen LogP contribution is -1.95. The third-order valence-corrected chi connectivity index (χ3v) is 11.3. The molecule has 0 unspecified atom stereocenters. The highest BCUT2D eigenvalue weighted by molar-refractivity contribution is 6.28. The monoisotopic (exact) mass is 712 g/mol. The van der Waals surface area contributed by atoms with Crippen LogP contribution in [0.3, 0.4) is 0 Å². The van der Waals surface area contributed by atoms with Gasteiger partial charge in [-0.25, -0.2) is 0 Å². The first-order chi connectivity index (χ1) is 27.8. The number of nitrogens with zero attached hydrogens (tertiary/aromatic N) is 2. The Balaban J connectivity index is 1.06. The molecule has 0 radical (unpaired) electrons. The Bertz CT molecular complexity index is 2980. The lowest BCUT2D eigenvalue weighted by molar-refractivity contribution is 1.17. The summed E-state index contributed by atoms with van der Waals surface area (Å²) < 4.78 is 4.88. The van der Waals surface area contributed by atoms with Gasteiger partial charge in [0.15, 0.2) is 0 Å². The van der Waals surface area contributed by atoms with Crippen molar-refractivity contribution >= 4 is 43.6 Å². The van der Waals surface area contributed by atoms with Crippen LogP contribution in [0.5, 0.6) is 0 Å². The standard InChI is InChI=1S/C54H36N2/c1-3-13-37(14-4-1)39-25-29-41(30-26-39)43-17-11-19-45(35-43)55-49-23-9-7-21-47(49)53-51(55)33-34-52-54(53)48-22-8-10-24-50(48)56(52)46-20-12-18-44(36-46)42-31-27-40(28-32-42)38-15-5-2-6-16-38/h1-36H. The van der Waals surface area contributed by atoms with E-state index >= 15 is 0 Å². The molecule has 0 aliphatic rings. The Hall–Kier alpha value is -7.42. The van der Waals surface area contributed by atoms with E-state index in [1.807, 2.05) is 0 Å². The van der Waals surface area contributed by atoms with Crippen molar-refractivity contribution in [3.05, 3.63) is 218 Å². The highest BCUT2D eigenvalue weighted by Gasteiger charge is 2.20. The van der Waals surface area contributed by atoms with Crippen molar-refractivity contribution in [1.82, 2.24) is 9.13 Å². The maximum absolute atomic E-state index is 2.44. The van der Waals surface area contributed by atoms with Gasteiger partial charge in [-0.2, -0.15) is 0 Å². The van der Waals surface area contributed by atoms with Gasteiger partial charge < -0.3 is 9.13 Å². The molecule has 0 amide bonds. The third-order valence-electron chi connectivity index (χ3n) is 11.3. The minimum absolute atomic E-state index is 1.15. The van der Waals surface area contributed by atoms with Gasteiger partial charge in [-0.3, -0.25) is 0 Å². The van der Waals surface area contributed by atoms with Gasteiger partial charge in [-0.15, -0.1) is 0 Å². The minimum Gasteiger partial charge on any atom is -0.309 e. The van der Waals surface area contributed by atoms with Crippen molar-refractivity contribution in [1.29, 1.82) is 0 Å². The Morgan fingerprint density at radius 2 is 0.536 bits per heavy atom. The molecule has 56 heavy (non-hydrogen) atoms. The molecule has 262 valence electrons.